The van der Waals surface area contributed by atoms with E-state index >= 15 is 0 Å². The smallest absolute Gasteiger partial charge is 0.407 e. The Morgan fingerprint density at radius 1 is 1.11 bits per heavy atom. The number of carbonyl (C=O) groups is 1. The van der Waals surface area contributed by atoms with Gasteiger partial charge in [-0.05, 0) is 46.5 Å². The Hall–Kier alpha value is -0.820. The van der Waals surface area contributed by atoms with E-state index in [1.54, 1.807) is 0 Å². The van der Waals surface area contributed by atoms with Crippen molar-refractivity contribution in [1.82, 2.24) is 10.0 Å². The van der Waals surface area contributed by atoms with Crippen molar-refractivity contribution in [3.63, 3.8) is 0 Å². The van der Waals surface area contributed by atoms with E-state index in [0.717, 1.165) is 31.9 Å². The van der Waals surface area contributed by atoms with Gasteiger partial charge < -0.3 is 10.1 Å². The third kappa shape index (κ3) is 7.37. The molecule has 0 aromatic carbocycles. The third-order valence-electron chi connectivity index (χ3n) is 2.83. The molecule has 7 heteroatoms. The Balaban J connectivity index is 2.33. The molecule has 112 valence electrons. The predicted octanol–water partition coefficient (Wildman–Crippen LogP) is 1.37. The zero-order chi connectivity index (χ0) is 14.7. The highest BCUT2D eigenvalue weighted by molar-refractivity contribution is 7.88. The first-order valence-corrected chi connectivity index (χ1v) is 8.41. The number of alkyl carbamates (subject to hydrolysis) is 1. The van der Waals surface area contributed by atoms with Gasteiger partial charge in [0.05, 0.1) is 6.26 Å². The van der Waals surface area contributed by atoms with E-state index in [1.165, 1.54) is 0 Å². The second-order valence-electron chi connectivity index (χ2n) is 6.08. The van der Waals surface area contributed by atoms with Crippen LogP contribution in [0.3, 0.4) is 0 Å². The molecule has 1 fully saturated rings. The molecule has 1 aliphatic carbocycles. The zero-order valence-electron chi connectivity index (χ0n) is 12.0. The molecule has 0 saturated heterocycles. The molecule has 2 N–H and O–H groups in total. The summed E-state index contributed by atoms with van der Waals surface area (Å²) < 4.78 is 30.0. The van der Waals surface area contributed by atoms with Gasteiger partial charge in [0.2, 0.25) is 10.0 Å². The Kier molecular flexibility index (Phi) is 5.20. The van der Waals surface area contributed by atoms with Crippen LogP contribution in [0.4, 0.5) is 4.79 Å². The molecule has 0 spiro atoms. The Labute approximate surface area is 115 Å². The molecule has 0 bridgehead atoms. The molecule has 1 saturated carbocycles. The monoisotopic (exact) mass is 292 g/mol. The molecule has 0 unspecified atom stereocenters. The van der Waals surface area contributed by atoms with Gasteiger partial charge in [-0.2, -0.15) is 0 Å². The molecule has 6 nitrogen and oxygen atoms in total. The number of ether oxygens (including phenoxy) is 1. The first-order chi connectivity index (χ1) is 8.55. The second kappa shape index (κ2) is 6.09. The van der Waals surface area contributed by atoms with Gasteiger partial charge in [0.1, 0.15) is 5.60 Å². The molecular weight excluding hydrogens is 268 g/mol. The lowest BCUT2D eigenvalue weighted by Crippen LogP contribution is -2.44. The highest BCUT2D eigenvalue weighted by Gasteiger charge is 2.25. The van der Waals surface area contributed by atoms with Crippen molar-refractivity contribution in [1.29, 1.82) is 0 Å². The van der Waals surface area contributed by atoms with Gasteiger partial charge in [-0.15, -0.1) is 0 Å². The van der Waals surface area contributed by atoms with E-state index in [-0.39, 0.29) is 12.1 Å². The molecule has 0 heterocycles. The standard InChI is InChI=1S/C12H24N2O4S/c1-12(2,3)18-11(15)13-9-5-7-10(8-6-9)14-19(4,16)17/h9-10,14H,5-8H2,1-4H3,(H,13,15). The highest BCUT2D eigenvalue weighted by Crippen LogP contribution is 2.19. The molecule has 0 aromatic rings. The molecule has 1 aliphatic rings. The molecule has 19 heavy (non-hydrogen) atoms. The highest BCUT2D eigenvalue weighted by atomic mass is 32.2. The fourth-order valence-corrected chi connectivity index (χ4v) is 2.97. The maximum Gasteiger partial charge on any atom is 0.407 e. The van der Waals surface area contributed by atoms with Crippen molar-refractivity contribution in [2.45, 2.75) is 64.1 Å². The second-order valence-corrected chi connectivity index (χ2v) is 7.86. The van der Waals surface area contributed by atoms with E-state index < -0.39 is 21.7 Å². The Morgan fingerprint density at radius 3 is 2.00 bits per heavy atom. The molecule has 0 aromatic heterocycles. The minimum atomic E-state index is -3.15. The average molecular weight is 292 g/mol. The van der Waals surface area contributed by atoms with Crippen LogP contribution < -0.4 is 10.0 Å². The summed E-state index contributed by atoms with van der Waals surface area (Å²) in [5.41, 5.74) is -0.501. The quantitative estimate of drug-likeness (QED) is 0.823. The normalized spacial score (nSPS) is 24.8. The van der Waals surface area contributed by atoms with Crippen LogP contribution in [0.15, 0.2) is 0 Å². The topological polar surface area (TPSA) is 84.5 Å². The fraction of sp³-hybridized carbons (Fsp3) is 0.917. The van der Waals surface area contributed by atoms with Crippen molar-refractivity contribution < 1.29 is 17.9 Å². The van der Waals surface area contributed by atoms with Crippen molar-refractivity contribution in [3.8, 4) is 0 Å². The summed E-state index contributed by atoms with van der Waals surface area (Å²) in [6, 6.07) is 0.0409. The maximum absolute atomic E-state index is 11.6. The zero-order valence-corrected chi connectivity index (χ0v) is 12.8. The Bertz CT molecular complexity index is 406. The number of carbonyl (C=O) groups excluding carboxylic acids is 1. The van der Waals surface area contributed by atoms with Crippen LogP contribution in [0.2, 0.25) is 0 Å². The third-order valence-corrected chi connectivity index (χ3v) is 3.59. The summed E-state index contributed by atoms with van der Waals surface area (Å²) in [5.74, 6) is 0. The molecular formula is C12H24N2O4S. The average Bonchev–Trinajstić information content (AvgIpc) is 2.15. The van der Waals surface area contributed by atoms with E-state index in [4.69, 9.17) is 4.74 Å². The van der Waals surface area contributed by atoms with Crippen molar-refractivity contribution in [3.05, 3.63) is 0 Å². The summed E-state index contributed by atoms with van der Waals surface area (Å²) in [7, 11) is -3.15. The van der Waals surface area contributed by atoms with Crippen LogP contribution in [-0.4, -0.2) is 38.5 Å². The van der Waals surface area contributed by atoms with Crippen molar-refractivity contribution in [2.75, 3.05) is 6.26 Å². The summed E-state index contributed by atoms with van der Waals surface area (Å²) in [5, 5.41) is 2.82. The number of hydrogen-bond donors (Lipinski definition) is 2. The van der Waals surface area contributed by atoms with Crippen molar-refractivity contribution >= 4 is 16.1 Å². The SMILES string of the molecule is CC(C)(C)OC(=O)NC1CCC(NS(C)(=O)=O)CC1. The molecule has 0 radical (unpaired) electrons. The van der Waals surface area contributed by atoms with Gasteiger partial charge in [-0.1, -0.05) is 0 Å². The lowest BCUT2D eigenvalue weighted by Gasteiger charge is -2.30. The van der Waals surface area contributed by atoms with Gasteiger partial charge in [-0.25, -0.2) is 17.9 Å². The summed E-state index contributed by atoms with van der Waals surface area (Å²) in [6.07, 6.45) is 3.73. The first kappa shape index (κ1) is 16.2. The number of hydrogen-bond acceptors (Lipinski definition) is 4. The van der Waals surface area contributed by atoms with Crippen LogP contribution in [0, 0.1) is 0 Å². The summed E-state index contributed by atoms with van der Waals surface area (Å²) in [4.78, 5) is 11.6. The van der Waals surface area contributed by atoms with Crippen molar-refractivity contribution in [2.24, 2.45) is 0 Å². The van der Waals surface area contributed by atoms with Crippen LogP contribution in [-0.2, 0) is 14.8 Å². The number of amides is 1. The van der Waals surface area contributed by atoms with E-state index in [9.17, 15) is 13.2 Å². The minimum absolute atomic E-state index is 0.0216. The van der Waals surface area contributed by atoms with Crippen LogP contribution in [0.5, 0.6) is 0 Å². The first-order valence-electron chi connectivity index (χ1n) is 6.52. The van der Waals surface area contributed by atoms with Gasteiger partial charge in [0, 0.05) is 12.1 Å². The predicted molar refractivity (Wildman–Crippen MR) is 73.4 cm³/mol. The lowest BCUT2D eigenvalue weighted by atomic mass is 9.92. The molecule has 0 atom stereocenters. The fourth-order valence-electron chi connectivity index (χ4n) is 2.13. The van der Waals surface area contributed by atoms with Gasteiger partial charge in [-0.3, -0.25) is 0 Å². The number of rotatable bonds is 3. The van der Waals surface area contributed by atoms with Crippen LogP contribution in [0.25, 0.3) is 0 Å². The molecule has 0 aliphatic heterocycles. The summed E-state index contributed by atoms with van der Waals surface area (Å²) >= 11 is 0. The van der Waals surface area contributed by atoms with Crippen LogP contribution in [0.1, 0.15) is 46.5 Å². The van der Waals surface area contributed by atoms with Gasteiger partial charge >= 0.3 is 6.09 Å². The number of sulfonamides is 1. The van der Waals surface area contributed by atoms with Crippen LogP contribution >= 0.6 is 0 Å². The molecule has 1 rings (SSSR count). The maximum atomic E-state index is 11.6. The minimum Gasteiger partial charge on any atom is -0.444 e. The molecule has 1 amide bonds. The number of nitrogens with one attached hydrogen (secondary N) is 2. The lowest BCUT2D eigenvalue weighted by molar-refractivity contribution is 0.0490. The van der Waals surface area contributed by atoms with Gasteiger partial charge in [0.15, 0.2) is 0 Å². The van der Waals surface area contributed by atoms with E-state index in [2.05, 4.69) is 10.0 Å². The van der Waals surface area contributed by atoms with Gasteiger partial charge in [0.25, 0.3) is 0 Å². The van der Waals surface area contributed by atoms with E-state index in [0.29, 0.717) is 0 Å². The largest absolute Gasteiger partial charge is 0.444 e. The Morgan fingerprint density at radius 2 is 1.58 bits per heavy atom. The summed E-state index contributed by atoms with van der Waals surface area (Å²) in [6.45, 7) is 5.46. The van der Waals surface area contributed by atoms with E-state index in [1.807, 2.05) is 20.8 Å².